The van der Waals surface area contributed by atoms with E-state index in [0.717, 1.165) is 0 Å². The maximum Gasteiger partial charge on any atom is 0.0596 e. The zero-order valence-corrected chi connectivity index (χ0v) is 4.00. The summed E-state index contributed by atoms with van der Waals surface area (Å²) in [6.07, 6.45) is 4.84. The van der Waals surface area contributed by atoms with Gasteiger partial charge in [0.2, 0.25) is 0 Å². The molecule has 0 saturated heterocycles. The number of terminal acetylenes is 1. The summed E-state index contributed by atoms with van der Waals surface area (Å²) in [5.74, 6) is 2.39. The molecule has 0 aliphatic rings. The van der Waals surface area contributed by atoms with Crippen molar-refractivity contribution in [3.8, 4) is 12.3 Å². The van der Waals surface area contributed by atoms with Gasteiger partial charge in [0.25, 0.3) is 0 Å². The van der Waals surface area contributed by atoms with Gasteiger partial charge in [0, 0.05) is 0 Å². The van der Waals surface area contributed by atoms with E-state index in [-0.39, 0.29) is 5.25 Å². The van der Waals surface area contributed by atoms with Crippen molar-refractivity contribution in [3.05, 3.63) is 0 Å². The molecule has 1 atom stereocenters. The Morgan fingerprint density at radius 2 is 2.20 bits per heavy atom. The van der Waals surface area contributed by atoms with Crippen LogP contribution in [-0.4, -0.2) is 5.25 Å². The van der Waals surface area contributed by atoms with Crippen LogP contribution in [0.25, 0.3) is 0 Å². The van der Waals surface area contributed by atoms with Crippen LogP contribution in [0.4, 0.5) is 0 Å². The first-order valence-electron chi connectivity index (χ1n) is 1.41. The quantitative estimate of drug-likeness (QED) is 0.329. The SMILES string of the molecule is C#CC(C)S. The van der Waals surface area contributed by atoms with Crippen molar-refractivity contribution in [1.82, 2.24) is 0 Å². The van der Waals surface area contributed by atoms with E-state index in [0.29, 0.717) is 0 Å². The number of rotatable bonds is 0. The van der Waals surface area contributed by atoms with E-state index >= 15 is 0 Å². The smallest absolute Gasteiger partial charge is 0.0596 e. The Morgan fingerprint density at radius 1 is 2.00 bits per heavy atom. The van der Waals surface area contributed by atoms with Crippen molar-refractivity contribution in [3.63, 3.8) is 0 Å². The maximum absolute atomic E-state index is 4.84. The minimum Gasteiger partial charge on any atom is -0.163 e. The molecule has 0 radical (unpaired) electrons. The molecule has 1 heteroatoms. The second kappa shape index (κ2) is 2.17. The molecule has 1 unspecified atom stereocenters. The summed E-state index contributed by atoms with van der Waals surface area (Å²) in [6.45, 7) is 1.85. The molecular weight excluding hydrogens is 80.1 g/mol. The predicted molar refractivity (Wildman–Crippen MR) is 27.3 cm³/mol. The number of hydrogen-bond donors (Lipinski definition) is 1. The van der Waals surface area contributed by atoms with Crippen molar-refractivity contribution in [2.24, 2.45) is 0 Å². The molecule has 5 heavy (non-hydrogen) atoms. The lowest BCUT2D eigenvalue weighted by Crippen LogP contribution is -1.77. The Kier molecular flexibility index (Phi) is 2.13. The lowest BCUT2D eigenvalue weighted by atomic mass is 10.5. The largest absolute Gasteiger partial charge is 0.163 e. The minimum atomic E-state index is 0.106. The molecule has 0 aliphatic heterocycles. The van der Waals surface area contributed by atoms with Crippen molar-refractivity contribution >= 4 is 12.6 Å². The van der Waals surface area contributed by atoms with Crippen LogP contribution in [0.5, 0.6) is 0 Å². The highest BCUT2D eigenvalue weighted by Crippen LogP contribution is 1.84. The highest BCUT2D eigenvalue weighted by molar-refractivity contribution is 7.81. The summed E-state index contributed by atoms with van der Waals surface area (Å²) in [6, 6.07) is 0. The lowest BCUT2D eigenvalue weighted by Gasteiger charge is -1.79. The van der Waals surface area contributed by atoms with Crippen LogP contribution in [0.1, 0.15) is 6.92 Å². The summed E-state index contributed by atoms with van der Waals surface area (Å²) in [4.78, 5) is 0. The molecule has 0 aromatic heterocycles. The average Bonchev–Trinajstić information content (AvgIpc) is 1.38. The molecule has 0 saturated carbocycles. The van der Waals surface area contributed by atoms with Crippen LogP contribution in [0.2, 0.25) is 0 Å². The second-order valence-corrected chi connectivity index (χ2v) is 1.62. The third kappa shape index (κ3) is 3.91. The van der Waals surface area contributed by atoms with Gasteiger partial charge in [-0.2, -0.15) is 12.6 Å². The summed E-state index contributed by atoms with van der Waals surface area (Å²) in [5.41, 5.74) is 0. The fraction of sp³-hybridized carbons (Fsp3) is 0.500. The first kappa shape index (κ1) is 4.91. The van der Waals surface area contributed by atoms with Gasteiger partial charge in [-0.15, -0.1) is 6.42 Å². The molecule has 0 aromatic carbocycles. The van der Waals surface area contributed by atoms with Gasteiger partial charge >= 0.3 is 0 Å². The van der Waals surface area contributed by atoms with E-state index in [9.17, 15) is 0 Å². The van der Waals surface area contributed by atoms with Gasteiger partial charge in [0.05, 0.1) is 5.25 Å². The van der Waals surface area contributed by atoms with Crippen molar-refractivity contribution < 1.29 is 0 Å². The normalized spacial score (nSPS) is 13.0. The minimum absolute atomic E-state index is 0.106. The third-order valence-corrected chi connectivity index (χ3v) is 0.390. The van der Waals surface area contributed by atoms with Crippen LogP contribution in [0, 0.1) is 12.3 Å². The van der Waals surface area contributed by atoms with Crippen LogP contribution >= 0.6 is 12.6 Å². The topological polar surface area (TPSA) is 0 Å². The Balaban J connectivity index is 2.94. The molecule has 0 N–H and O–H groups in total. The van der Waals surface area contributed by atoms with Crippen LogP contribution in [-0.2, 0) is 0 Å². The lowest BCUT2D eigenvalue weighted by molar-refractivity contribution is 1.32. The van der Waals surface area contributed by atoms with E-state index in [1.807, 2.05) is 6.92 Å². The third-order valence-electron chi connectivity index (χ3n) is 0.241. The van der Waals surface area contributed by atoms with Gasteiger partial charge < -0.3 is 0 Å². The Morgan fingerprint density at radius 3 is 2.20 bits per heavy atom. The molecule has 0 nitrogen and oxygen atoms in total. The molecule has 0 heterocycles. The summed E-state index contributed by atoms with van der Waals surface area (Å²) >= 11 is 3.86. The van der Waals surface area contributed by atoms with E-state index in [4.69, 9.17) is 6.42 Å². The predicted octanol–water partition coefficient (Wildman–Crippen LogP) is 0.938. The maximum atomic E-state index is 4.84. The van der Waals surface area contributed by atoms with Gasteiger partial charge in [-0.3, -0.25) is 0 Å². The zero-order valence-electron chi connectivity index (χ0n) is 3.10. The van der Waals surface area contributed by atoms with Gasteiger partial charge in [0.15, 0.2) is 0 Å². The van der Waals surface area contributed by atoms with Crippen molar-refractivity contribution in [2.75, 3.05) is 0 Å². The van der Waals surface area contributed by atoms with E-state index in [1.165, 1.54) is 0 Å². The molecule has 0 amide bonds. The standard InChI is InChI=1S/C4H6S/c1-3-4(2)5/h1,4-5H,2H3. The van der Waals surface area contributed by atoms with Crippen LogP contribution in [0.3, 0.4) is 0 Å². The molecular formula is C4H6S. The number of hydrogen-bond acceptors (Lipinski definition) is 1. The fourth-order valence-electron chi connectivity index (χ4n) is 0. The summed E-state index contributed by atoms with van der Waals surface area (Å²) in [5, 5.41) is 0.106. The molecule has 0 spiro atoms. The highest BCUT2D eigenvalue weighted by atomic mass is 32.1. The van der Waals surface area contributed by atoms with Crippen LogP contribution < -0.4 is 0 Å². The highest BCUT2D eigenvalue weighted by Gasteiger charge is 1.75. The van der Waals surface area contributed by atoms with Gasteiger partial charge in [-0.1, -0.05) is 5.92 Å². The second-order valence-electron chi connectivity index (χ2n) is 0.843. The van der Waals surface area contributed by atoms with Crippen molar-refractivity contribution in [1.29, 1.82) is 0 Å². The number of thiol groups is 1. The molecule has 0 aromatic rings. The van der Waals surface area contributed by atoms with Crippen molar-refractivity contribution in [2.45, 2.75) is 12.2 Å². The molecule has 28 valence electrons. The Labute approximate surface area is 38.0 Å². The monoisotopic (exact) mass is 86.0 g/mol. The zero-order chi connectivity index (χ0) is 4.28. The summed E-state index contributed by atoms with van der Waals surface area (Å²) in [7, 11) is 0. The van der Waals surface area contributed by atoms with Gasteiger partial charge in [-0.05, 0) is 6.92 Å². The Hall–Kier alpha value is -0.0900. The molecule has 0 fully saturated rings. The van der Waals surface area contributed by atoms with Gasteiger partial charge in [-0.25, -0.2) is 0 Å². The van der Waals surface area contributed by atoms with Crippen LogP contribution in [0.15, 0.2) is 0 Å². The summed E-state index contributed by atoms with van der Waals surface area (Å²) < 4.78 is 0. The van der Waals surface area contributed by atoms with Gasteiger partial charge in [0.1, 0.15) is 0 Å². The fourth-order valence-corrected chi connectivity index (χ4v) is 0. The average molecular weight is 86.2 g/mol. The molecule has 0 aliphatic carbocycles. The van der Waals surface area contributed by atoms with E-state index < -0.39 is 0 Å². The van der Waals surface area contributed by atoms with E-state index in [2.05, 4.69) is 18.5 Å². The molecule has 0 rings (SSSR count). The van der Waals surface area contributed by atoms with E-state index in [1.54, 1.807) is 0 Å². The Bertz CT molecular complexity index is 49.2. The molecule has 0 bridgehead atoms. The first-order valence-corrected chi connectivity index (χ1v) is 1.93. The first-order chi connectivity index (χ1) is 2.27.